The van der Waals surface area contributed by atoms with E-state index in [1.54, 1.807) is 16.9 Å². The first-order valence-electron chi connectivity index (χ1n) is 7.45. The molecule has 3 rings (SSSR count). The Balaban J connectivity index is 1.73. The molecule has 0 saturated heterocycles. The zero-order chi connectivity index (χ0) is 18.7. The van der Waals surface area contributed by atoms with Gasteiger partial charge in [-0.1, -0.05) is 41.4 Å². The minimum absolute atomic E-state index is 0.0286. The van der Waals surface area contributed by atoms with Gasteiger partial charge in [-0.2, -0.15) is 5.10 Å². The second-order valence-electron chi connectivity index (χ2n) is 5.40. The molecule has 0 aliphatic rings. The largest absolute Gasteiger partial charge is 0.319 e. The Kier molecular flexibility index (Phi) is 5.20. The van der Waals surface area contributed by atoms with E-state index >= 15 is 0 Å². The molecular formula is C17H12Cl2N4O3. The van der Waals surface area contributed by atoms with E-state index < -0.39 is 10.8 Å². The Morgan fingerprint density at radius 2 is 1.96 bits per heavy atom. The minimum Gasteiger partial charge on any atom is -0.319 e. The van der Waals surface area contributed by atoms with Crippen molar-refractivity contribution < 1.29 is 9.72 Å². The van der Waals surface area contributed by atoms with Crippen molar-refractivity contribution in [1.29, 1.82) is 0 Å². The third kappa shape index (κ3) is 4.01. The molecule has 1 aromatic heterocycles. The number of hydrogen-bond acceptors (Lipinski definition) is 4. The lowest BCUT2D eigenvalue weighted by atomic mass is 10.2. The van der Waals surface area contributed by atoms with E-state index in [2.05, 4.69) is 10.4 Å². The van der Waals surface area contributed by atoms with Gasteiger partial charge in [-0.05, 0) is 23.8 Å². The number of carbonyl (C=O) groups is 1. The maximum Gasteiger partial charge on any atom is 0.288 e. The number of halogens is 2. The summed E-state index contributed by atoms with van der Waals surface area (Å²) in [7, 11) is 0. The molecule has 0 atom stereocenters. The quantitative estimate of drug-likeness (QED) is 0.516. The van der Waals surface area contributed by atoms with Crippen molar-refractivity contribution in [3.05, 3.63) is 86.1 Å². The SMILES string of the molecule is O=C(Nc1cnn(Cc2ccccc2Cl)c1)c1ccc(Cl)c([N+](=O)[O-])c1. The highest BCUT2D eigenvalue weighted by Gasteiger charge is 2.16. The summed E-state index contributed by atoms with van der Waals surface area (Å²) in [5, 5.41) is 18.3. The number of nitrogens with zero attached hydrogens (tertiary/aromatic N) is 3. The van der Waals surface area contributed by atoms with Crippen LogP contribution in [0.5, 0.6) is 0 Å². The molecule has 1 amide bonds. The van der Waals surface area contributed by atoms with Gasteiger partial charge in [-0.3, -0.25) is 19.6 Å². The van der Waals surface area contributed by atoms with Crippen LogP contribution in [-0.4, -0.2) is 20.6 Å². The highest BCUT2D eigenvalue weighted by Crippen LogP contribution is 2.25. The van der Waals surface area contributed by atoms with E-state index in [0.717, 1.165) is 11.6 Å². The van der Waals surface area contributed by atoms with Crippen LogP contribution in [0.1, 0.15) is 15.9 Å². The Morgan fingerprint density at radius 1 is 1.19 bits per heavy atom. The van der Waals surface area contributed by atoms with Crippen LogP contribution < -0.4 is 5.32 Å². The molecule has 0 saturated carbocycles. The van der Waals surface area contributed by atoms with Crippen molar-refractivity contribution in [3.63, 3.8) is 0 Å². The van der Waals surface area contributed by atoms with Crippen molar-refractivity contribution in [2.75, 3.05) is 5.32 Å². The highest BCUT2D eigenvalue weighted by molar-refractivity contribution is 6.32. The van der Waals surface area contributed by atoms with Crippen molar-refractivity contribution in [3.8, 4) is 0 Å². The summed E-state index contributed by atoms with van der Waals surface area (Å²) >= 11 is 11.9. The lowest BCUT2D eigenvalue weighted by Gasteiger charge is -2.04. The van der Waals surface area contributed by atoms with Crippen LogP contribution >= 0.6 is 23.2 Å². The van der Waals surface area contributed by atoms with E-state index in [9.17, 15) is 14.9 Å². The molecule has 9 heteroatoms. The summed E-state index contributed by atoms with van der Waals surface area (Å²) in [6.07, 6.45) is 3.13. The third-order valence-electron chi connectivity index (χ3n) is 3.59. The summed E-state index contributed by atoms with van der Waals surface area (Å²) in [6, 6.07) is 11.2. The van der Waals surface area contributed by atoms with Crippen LogP contribution in [0.15, 0.2) is 54.9 Å². The summed E-state index contributed by atoms with van der Waals surface area (Å²) < 4.78 is 1.63. The molecule has 0 fully saturated rings. The maximum atomic E-state index is 12.3. The number of carbonyl (C=O) groups excluding carboxylic acids is 1. The predicted octanol–water partition coefficient (Wildman–Crippen LogP) is 4.40. The molecule has 0 aliphatic heterocycles. The fraction of sp³-hybridized carbons (Fsp3) is 0.0588. The molecule has 0 aliphatic carbocycles. The molecule has 0 spiro atoms. The van der Waals surface area contributed by atoms with Gasteiger partial charge in [0, 0.05) is 22.8 Å². The molecule has 2 aromatic carbocycles. The number of rotatable bonds is 5. The average molecular weight is 391 g/mol. The summed E-state index contributed by atoms with van der Waals surface area (Å²) in [4.78, 5) is 22.6. The number of amides is 1. The second kappa shape index (κ2) is 7.55. The van der Waals surface area contributed by atoms with E-state index in [4.69, 9.17) is 23.2 Å². The maximum absolute atomic E-state index is 12.3. The third-order valence-corrected chi connectivity index (χ3v) is 4.27. The van der Waals surface area contributed by atoms with Crippen molar-refractivity contribution in [2.24, 2.45) is 0 Å². The van der Waals surface area contributed by atoms with E-state index in [0.29, 0.717) is 17.3 Å². The first-order chi connectivity index (χ1) is 12.4. The van der Waals surface area contributed by atoms with Gasteiger partial charge in [-0.25, -0.2) is 0 Å². The number of anilines is 1. The molecule has 0 radical (unpaired) electrons. The summed E-state index contributed by atoms with van der Waals surface area (Å²) in [6.45, 7) is 0.446. The first-order valence-corrected chi connectivity index (χ1v) is 8.21. The standard InChI is InChI=1S/C17H12Cl2N4O3/c18-14-4-2-1-3-12(14)9-22-10-13(8-20-22)21-17(24)11-5-6-15(19)16(7-11)23(25)26/h1-8,10H,9H2,(H,21,24). The zero-order valence-corrected chi connectivity index (χ0v) is 14.7. The molecule has 132 valence electrons. The Hall–Kier alpha value is -2.90. The lowest BCUT2D eigenvalue weighted by molar-refractivity contribution is -0.384. The predicted molar refractivity (Wildman–Crippen MR) is 98.8 cm³/mol. The molecule has 1 heterocycles. The van der Waals surface area contributed by atoms with E-state index in [1.165, 1.54) is 18.3 Å². The van der Waals surface area contributed by atoms with Crippen molar-refractivity contribution in [2.45, 2.75) is 6.54 Å². The Labute approximate surface area is 158 Å². The normalized spacial score (nSPS) is 10.5. The Morgan fingerprint density at radius 3 is 2.69 bits per heavy atom. The smallest absolute Gasteiger partial charge is 0.288 e. The minimum atomic E-state index is -0.638. The number of hydrogen-bond donors (Lipinski definition) is 1. The first kappa shape index (κ1) is 17.9. The molecule has 1 N–H and O–H groups in total. The number of nitrogens with one attached hydrogen (secondary N) is 1. The van der Waals surface area contributed by atoms with E-state index in [1.807, 2.05) is 18.2 Å². The van der Waals surface area contributed by atoms with Crippen LogP contribution in [0.3, 0.4) is 0 Å². The van der Waals surface area contributed by atoms with Gasteiger partial charge in [0.2, 0.25) is 0 Å². The second-order valence-corrected chi connectivity index (χ2v) is 6.21. The van der Waals surface area contributed by atoms with E-state index in [-0.39, 0.29) is 16.3 Å². The van der Waals surface area contributed by atoms with Gasteiger partial charge >= 0.3 is 0 Å². The van der Waals surface area contributed by atoms with Gasteiger partial charge < -0.3 is 5.32 Å². The van der Waals surface area contributed by atoms with Crippen LogP contribution in [0.4, 0.5) is 11.4 Å². The highest BCUT2D eigenvalue weighted by atomic mass is 35.5. The topological polar surface area (TPSA) is 90.1 Å². The number of nitro groups is 1. The molecule has 7 nitrogen and oxygen atoms in total. The number of benzene rings is 2. The fourth-order valence-electron chi connectivity index (χ4n) is 2.31. The number of aromatic nitrogens is 2. The van der Waals surface area contributed by atoms with Gasteiger partial charge in [0.25, 0.3) is 11.6 Å². The molecule has 3 aromatic rings. The molecular weight excluding hydrogens is 379 g/mol. The monoisotopic (exact) mass is 390 g/mol. The molecule has 0 unspecified atom stereocenters. The van der Waals surface area contributed by atoms with Gasteiger partial charge in [0.05, 0.1) is 23.4 Å². The Bertz CT molecular complexity index is 988. The average Bonchev–Trinajstić information content (AvgIpc) is 3.04. The van der Waals surface area contributed by atoms with Crippen LogP contribution in [0.2, 0.25) is 10.0 Å². The van der Waals surface area contributed by atoms with Crippen molar-refractivity contribution in [1.82, 2.24) is 9.78 Å². The van der Waals surface area contributed by atoms with Gasteiger partial charge in [0.15, 0.2) is 0 Å². The van der Waals surface area contributed by atoms with Gasteiger partial charge in [0.1, 0.15) is 5.02 Å². The fourth-order valence-corrected chi connectivity index (χ4v) is 2.69. The number of nitro benzene ring substituents is 1. The van der Waals surface area contributed by atoms with Crippen molar-refractivity contribution >= 4 is 40.5 Å². The molecule has 0 bridgehead atoms. The van der Waals surface area contributed by atoms with Gasteiger partial charge in [-0.15, -0.1) is 0 Å². The summed E-state index contributed by atoms with van der Waals surface area (Å²) in [5.74, 6) is -0.498. The zero-order valence-electron chi connectivity index (χ0n) is 13.2. The van der Waals surface area contributed by atoms with Crippen LogP contribution in [0, 0.1) is 10.1 Å². The lowest BCUT2D eigenvalue weighted by Crippen LogP contribution is -2.11. The molecule has 26 heavy (non-hydrogen) atoms. The van der Waals surface area contributed by atoms with Crippen LogP contribution in [-0.2, 0) is 6.54 Å². The summed E-state index contributed by atoms with van der Waals surface area (Å²) in [5.41, 5.74) is 1.15. The van der Waals surface area contributed by atoms with Crippen LogP contribution in [0.25, 0.3) is 0 Å².